The molecular weight excluding hydrogens is 495 g/mol. The van der Waals surface area contributed by atoms with Gasteiger partial charge in [-0.05, 0) is 30.0 Å². The van der Waals surface area contributed by atoms with E-state index in [-0.39, 0.29) is 24.3 Å². The molecule has 3 heterocycles. The standard InChI is InChI=1S/C27H36ClFN6O2/c1-19-16-23(29)25-24(19)26(31-18-30-25)34-10-12-35(13-11-34)27(37)22(20-2-4-21(28)5-3-20)17-33-8-6-32(7-9-33)14-15-36/h2-5,18-19,22-23,36H,6-17H2,1H3/t19-,22-,23-/m1/s1. The quantitative estimate of drug-likeness (QED) is 0.590. The van der Waals surface area contributed by atoms with Gasteiger partial charge in [0.05, 0.1) is 18.2 Å². The van der Waals surface area contributed by atoms with Crippen LogP contribution >= 0.6 is 11.6 Å². The van der Waals surface area contributed by atoms with E-state index in [9.17, 15) is 14.3 Å². The zero-order valence-corrected chi connectivity index (χ0v) is 22.2. The first kappa shape index (κ1) is 26.3. The third-order valence-electron chi connectivity index (χ3n) is 8.03. The van der Waals surface area contributed by atoms with Crippen LogP contribution in [-0.4, -0.2) is 108 Å². The maximum atomic E-state index is 14.4. The first-order valence-corrected chi connectivity index (χ1v) is 13.7. The summed E-state index contributed by atoms with van der Waals surface area (Å²) in [5.41, 5.74) is 2.43. The Balaban J connectivity index is 1.27. The molecule has 2 saturated heterocycles. The Morgan fingerprint density at radius 1 is 1.05 bits per heavy atom. The molecule has 1 amide bonds. The van der Waals surface area contributed by atoms with E-state index < -0.39 is 6.17 Å². The molecule has 37 heavy (non-hydrogen) atoms. The molecule has 0 spiro atoms. The van der Waals surface area contributed by atoms with Crippen molar-refractivity contribution in [3.05, 3.63) is 52.4 Å². The second kappa shape index (κ2) is 11.6. The molecule has 0 radical (unpaired) electrons. The molecule has 3 atom stereocenters. The number of benzene rings is 1. The Morgan fingerprint density at radius 3 is 2.41 bits per heavy atom. The first-order chi connectivity index (χ1) is 17.9. The minimum atomic E-state index is -1.03. The maximum Gasteiger partial charge on any atom is 0.231 e. The fourth-order valence-electron chi connectivity index (χ4n) is 5.89. The molecule has 0 unspecified atom stereocenters. The number of β-amino-alcohol motifs (C(OH)–C–C–N with tert-alkyl or cyclic N) is 1. The Kier molecular flexibility index (Phi) is 8.24. The molecule has 1 aliphatic carbocycles. The molecule has 2 aromatic rings. The minimum Gasteiger partial charge on any atom is -0.395 e. The summed E-state index contributed by atoms with van der Waals surface area (Å²) in [6.45, 7) is 9.59. The lowest BCUT2D eigenvalue weighted by Gasteiger charge is -2.40. The van der Waals surface area contributed by atoms with Crippen molar-refractivity contribution in [2.45, 2.75) is 31.4 Å². The highest BCUT2D eigenvalue weighted by molar-refractivity contribution is 6.30. The summed E-state index contributed by atoms with van der Waals surface area (Å²) < 4.78 is 14.4. The summed E-state index contributed by atoms with van der Waals surface area (Å²) >= 11 is 6.14. The lowest BCUT2D eigenvalue weighted by Crippen LogP contribution is -2.53. The molecule has 5 rings (SSSR count). The number of nitrogens with zero attached hydrogens (tertiary/aromatic N) is 6. The SMILES string of the molecule is C[C@@H]1C[C@@H](F)c2ncnc(N3CCN(C(=O)[C@H](CN4CCN(CCO)CC4)c4ccc(Cl)cc4)CC3)c21. The van der Waals surface area contributed by atoms with E-state index in [2.05, 4.69) is 24.7 Å². The fourth-order valence-corrected chi connectivity index (χ4v) is 6.01. The minimum absolute atomic E-state index is 0.0907. The monoisotopic (exact) mass is 530 g/mol. The predicted molar refractivity (Wildman–Crippen MR) is 142 cm³/mol. The van der Waals surface area contributed by atoms with Gasteiger partial charge in [-0.3, -0.25) is 14.6 Å². The van der Waals surface area contributed by atoms with E-state index in [1.807, 2.05) is 36.1 Å². The number of carbonyl (C=O) groups excluding carboxylic acids is 1. The van der Waals surface area contributed by atoms with Crippen LogP contribution in [-0.2, 0) is 4.79 Å². The number of aliphatic hydroxyl groups excluding tert-OH is 1. The number of aromatic nitrogens is 2. The van der Waals surface area contributed by atoms with Crippen LogP contribution in [0.25, 0.3) is 0 Å². The summed E-state index contributed by atoms with van der Waals surface area (Å²) in [6, 6.07) is 7.62. The van der Waals surface area contributed by atoms with Gasteiger partial charge in [-0.15, -0.1) is 0 Å². The molecule has 2 aliphatic heterocycles. The highest BCUT2D eigenvalue weighted by Gasteiger charge is 2.36. The number of amides is 1. The molecule has 0 saturated carbocycles. The maximum absolute atomic E-state index is 14.4. The van der Waals surface area contributed by atoms with Crippen molar-refractivity contribution < 1.29 is 14.3 Å². The number of piperazine rings is 2. The van der Waals surface area contributed by atoms with Gasteiger partial charge in [0.1, 0.15) is 18.3 Å². The van der Waals surface area contributed by atoms with E-state index >= 15 is 0 Å². The largest absolute Gasteiger partial charge is 0.395 e. The van der Waals surface area contributed by atoms with Crippen LogP contribution in [0.1, 0.15) is 48.2 Å². The van der Waals surface area contributed by atoms with E-state index in [1.165, 1.54) is 6.33 Å². The molecule has 10 heteroatoms. The lowest BCUT2D eigenvalue weighted by molar-refractivity contribution is -0.133. The van der Waals surface area contributed by atoms with Crippen molar-refractivity contribution >= 4 is 23.3 Å². The zero-order valence-electron chi connectivity index (χ0n) is 21.4. The van der Waals surface area contributed by atoms with Gasteiger partial charge in [-0.25, -0.2) is 14.4 Å². The van der Waals surface area contributed by atoms with Crippen LogP contribution in [0.5, 0.6) is 0 Å². The van der Waals surface area contributed by atoms with Crippen molar-refractivity contribution in [1.29, 1.82) is 0 Å². The Bertz CT molecular complexity index is 1070. The summed E-state index contributed by atoms with van der Waals surface area (Å²) in [6.07, 6.45) is 0.893. The predicted octanol–water partition coefficient (Wildman–Crippen LogP) is 2.69. The molecule has 8 nitrogen and oxygen atoms in total. The highest BCUT2D eigenvalue weighted by atomic mass is 35.5. The Labute approximate surface area is 223 Å². The molecule has 1 aromatic carbocycles. The molecular formula is C27H36ClFN6O2. The number of hydrogen-bond acceptors (Lipinski definition) is 7. The summed E-state index contributed by atoms with van der Waals surface area (Å²) in [5, 5.41) is 9.89. The van der Waals surface area contributed by atoms with Crippen molar-refractivity contribution in [1.82, 2.24) is 24.7 Å². The third kappa shape index (κ3) is 5.74. The number of halogens is 2. The Hall–Kier alpha value is -2.33. The molecule has 3 aliphatic rings. The van der Waals surface area contributed by atoms with Crippen LogP contribution in [0, 0.1) is 0 Å². The van der Waals surface area contributed by atoms with Gasteiger partial charge < -0.3 is 14.9 Å². The normalized spacial score (nSPS) is 23.8. The highest BCUT2D eigenvalue weighted by Crippen LogP contribution is 2.44. The second-order valence-corrected chi connectivity index (χ2v) is 10.8. The smallest absolute Gasteiger partial charge is 0.231 e. The molecule has 1 aromatic heterocycles. The molecule has 0 bridgehead atoms. The number of carbonyl (C=O) groups is 1. The van der Waals surface area contributed by atoms with Gasteiger partial charge >= 0.3 is 0 Å². The average molecular weight is 531 g/mol. The van der Waals surface area contributed by atoms with Crippen LogP contribution < -0.4 is 4.90 Å². The van der Waals surface area contributed by atoms with E-state index in [0.29, 0.717) is 56.4 Å². The van der Waals surface area contributed by atoms with Gasteiger partial charge in [0, 0.05) is 76.0 Å². The molecule has 200 valence electrons. The number of rotatable bonds is 7. The van der Waals surface area contributed by atoms with Crippen LogP contribution in [0.4, 0.5) is 10.2 Å². The van der Waals surface area contributed by atoms with Gasteiger partial charge in [0.2, 0.25) is 5.91 Å². The summed E-state index contributed by atoms with van der Waals surface area (Å²) in [5.74, 6) is 0.765. The number of fused-ring (bicyclic) bond motifs is 1. The first-order valence-electron chi connectivity index (χ1n) is 13.3. The Morgan fingerprint density at radius 2 is 1.73 bits per heavy atom. The van der Waals surface area contributed by atoms with Crippen molar-refractivity contribution in [2.75, 3.05) is 77.0 Å². The molecule has 1 N–H and O–H groups in total. The molecule has 2 fully saturated rings. The number of anilines is 1. The number of aliphatic hydroxyl groups is 1. The topological polar surface area (TPSA) is 76.0 Å². The van der Waals surface area contributed by atoms with Gasteiger partial charge in [0.25, 0.3) is 0 Å². The summed E-state index contributed by atoms with van der Waals surface area (Å²) in [7, 11) is 0. The van der Waals surface area contributed by atoms with Gasteiger partial charge in [-0.1, -0.05) is 30.7 Å². The van der Waals surface area contributed by atoms with Crippen molar-refractivity contribution in [3.8, 4) is 0 Å². The fraction of sp³-hybridized carbons (Fsp3) is 0.593. The van der Waals surface area contributed by atoms with Gasteiger partial charge in [-0.2, -0.15) is 0 Å². The van der Waals surface area contributed by atoms with Gasteiger partial charge in [0.15, 0.2) is 0 Å². The lowest BCUT2D eigenvalue weighted by atomic mass is 9.96. The van der Waals surface area contributed by atoms with Crippen LogP contribution in [0.15, 0.2) is 30.6 Å². The van der Waals surface area contributed by atoms with Crippen LogP contribution in [0.2, 0.25) is 5.02 Å². The van der Waals surface area contributed by atoms with Crippen molar-refractivity contribution in [3.63, 3.8) is 0 Å². The van der Waals surface area contributed by atoms with Crippen LogP contribution in [0.3, 0.4) is 0 Å². The third-order valence-corrected chi connectivity index (χ3v) is 8.28. The van der Waals surface area contributed by atoms with E-state index in [4.69, 9.17) is 11.6 Å². The van der Waals surface area contributed by atoms with E-state index in [0.717, 1.165) is 43.1 Å². The van der Waals surface area contributed by atoms with Crippen molar-refractivity contribution in [2.24, 2.45) is 0 Å². The zero-order chi connectivity index (χ0) is 25.9. The number of hydrogen-bond donors (Lipinski definition) is 1. The summed E-state index contributed by atoms with van der Waals surface area (Å²) in [4.78, 5) is 31.4. The van der Waals surface area contributed by atoms with E-state index in [1.54, 1.807) is 0 Å². The average Bonchev–Trinajstić information content (AvgIpc) is 3.22. The second-order valence-electron chi connectivity index (χ2n) is 10.4. The number of alkyl halides is 1.